The Morgan fingerprint density at radius 3 is 2.62 bits per heavy atom. The van der Waals surface area contributed by atoms with Gasteiger partial charge in [0, 0.05) is 11.6 Å². The van der Waals surface area contributed by atoms with E-state index < -0.39 is 16.1 Å². The lowest BCUT2D eigenvalue weighted by molar-refractivity contribution is -0.127. The smallest absolute Gasteiger partial charge is 0.263 e. The molecule has 1 heterocycles. The number of amides is 1. The van der Waals surface area contributed by atoms with Gasteiger partial charge >= 0.3 is 0 Å². The second-order valence-corrected chi connectivity index (χ2v) is 8.38. The van der Waals surface area contributed by atoms with Crippen molar-refractivity contribution in [3.8, 4) is 5.75 Å². The van der Waals surface area contributed by atoms with E-state index in [1.807, 2.05) is 12.1 Å². The van der Waals surface area contributed by atoms with Gasteiger partial charge in [0.25, 0.3) is 5.91 Å². The minimum atomic E-state index is -3.51. The first kappa shape index (κ1) is 18.5. The minimum absolute atomic E-state index is 0.0530. The molecule has 2 aromatic carbocycles. The van der Waals surface area contributed by atoms with Gasteiger partial charge in [-0.3, -0.25) is 9.10 Å². The number of nitrogens with one attached hydrogen (secondary N) is 1. The number of carbonyl (C=O) groups is 1. The first-order chi connectivity index (χ1) is 12.3. The minimum Gasteiger partial charge on any atom is -0.476 e. The molecule has 0 aromatic heterocycles. The number of benzene rings is 2. The zero-order chi connectivity index (χ0) is 18.7. The second-order valence-electron chi connectivity index (χ2n) is 6.04. The second kappa shape index (κ2) is 7.55. The summed E-state index contributed by atoms with van der Waals surface area (Å²) in [6.07, 6.45) is 0.858. The van der Waals surface area contributed by atoms with Crippen LogP contribution in [0.25, 0.3) is 0 Å². The first-order valence-electron chi connectivity index (χ1n) is 8.10. The molecule has 1 atom stereocenters. The Morgan fingerprint density at radius 1 is 1.23 bits per heavy atom. The van der Waals surface area contributed by atoms with Crippen molar-refractivity contribution in [2.45, 2.75) is 12.5 Å². The largest absolute Gasteiger partial charge is 0.476 e. The Labute approximate surface area is 157 Å². The Bertz CT molecular complexity index is 900. The normalized spacial score (nSPS) is 16.5. The van der Waals surface area contributed by atoms with Gasteiger partial charge in [-0.15, -0.1) is 0 Å². The Morgan fingerprint density at radius 2 is 1.92 bits per heavy atom. The molecule has 0 aliphatic carbocycles. The SMILES string of the molecule is CS(=O)(=O)N1C[C@@H](C(=O)NCCc2ccc(Cl)cc2)Oc2ccccc21. The number of sulfonamides is 1. The molecule has 0 fully saturated rings. The van der Waals surface area contributed by atoms with E-state index in [1.165, 1.54) is 4.31 Å². The van der Waals surface area contributed by atoms with Gasteiger partial charge in [-0.25, -0.2) is 8.42 Å². The maximum absolute atomic E-state index is 12.4. The number of hydrogen-bond donors (Lipinski definition) is 1. The predicted molar refractivity (Wildman–Crippen MR) is 101 cm³/mol. The van der Waals surface area contributed by atoms with Crippen LogP contribution in [0, 0.1) is 0 Å². The van der Waals surface area contributed by atoms with Crippen molar-refractivity contribution in [3.05, 3.63) is 59.1 Å². The van der Waals surface area contributed by atoms with E-state index in [-0.39, 0.29) is 12.5 Å². The van der Waals surface area contributed by atoms with Crippen LogP contribution in [-0.4, -0.2) is 39.8 Å². The van der Waals surface area contributed by atoms with E-state index in [1.54, 1.807) is 36.4 Å². The van der Waals surface area contributed by atoms with Crippen molar-refractivity contribution < 1.29 is 17.9 Å². The van der Waals surface area contributed by atoms with Crippen LogP contribution in [-0.2, 0) is 21.2 Å². The number of para-hydroxylation sites is 2. The number of nitrogens with zero attached hydrogens (tertiary/aromatic N) is 1. The van der Waals surface area contributed by atoms with Gasteiger partial charge in [-0.05, 0) is 36.2 Å². The number of rotatable bonds is 5. The van der Waals surface area contributed by atoms with Gasteiger partial charge < -0.3 is 10.1 Å². The maximum atomic E-state index is 12.4. The maximum Gasteiger partial charge on any atom is 0.263 e. The van der Waals surface area contributed by atoms with Crippen LogP contribution in [0.2, 0.25) is 5.02 Å². The zero-order valence-electron chi connectivity index (χ0n) is 14.2. The van der Waals surface area contributed by atoms with Crippen LogP contribution < -0.4 is 14.4 Å². The predicted octanol–water partition coefficient (Wildman–Crippen LogP) is 2.23. The quantitative estimate of drug-likeness (QED) is 0.843. The summed E-state index contributed by atoms with van der Waals surface area (Å²) in [6.45, 7) is 0.365. The third-order valence-electron chi connectivity index (χ3n) is 4.05. The van der Waals surface area contributed by atoms with E-state index >= 15 is 0 Å². The third-order valence-corrected chi connectivity index (χ3v) is 5.45. The summed E-state index contributed by atoms with van der Waals surface area (Å²) >= 11 is 5.85. The third kappa shape index (κ3) is 4.28. The summed E-state index contributed by atoms with van der Waals surface area (Å²) in [5.41, 5.74) is 1.49. The van der Waals surface area contributed by atoms with Gasteiger partial charge in [-0.2, -0.15) is 0 Å². The lowest BCUT2D eigenvalue weighted by atomic mass is 10.1. The monoisotopic (exact) mass is 394 g/mol. The van der Waals surface area contributed by atoms with Crippen LogP contribution in [0.3, 0.4) is 0 Å². The summed E-state index contributed by atoms with van der Waals surface area (Å²) in [4.78, 5) is 12.4. The van der Waals surface area contributed by atoms with Crippen LogP contribution >= 0.6 is 11.6 Å². The fraction of sp³-hybridized carbons (Fsp3) is 0.278. The van der Waals surface area contributed by atoms with Crippen molar-refractivity contribution in [3.63, 3.8) is 0 Å². The number of anilines is 1. The van der Waals surface area contributed by atoms with Crippen molar-refractivity contribution in [2.24, 2.45) is 0 Å². The molecule has 8 heteroatoms. The molecule has 138 valence electrons. The molecule has 0 spiro atoms. The lowest BCUT2D eigenvalue weighted by Gasteiger charge is -2.33. The summed E-state index contributed by atoms with van der Waals surface area (Å²) in [5, 5.41) is 3.46. The van der Waals surface area contributed by atoms with Gasteiger partial charge in [-0.1, -0.05) is 35.9 Å². The van der Waals surface area contributed by atoms with Crippen molar-refractivity contribution in [2.75, 3.05) is 23.7 Å². The lowest BCUT2D eigenvalue weighted by Crippen LogP contribution is -2.50. The van der Waals surface area contributed by atoms with Crippen LogP contribution in [0.1, 0.15) is 5.56 Å². The summed E-state index contributed by atoms with van der Waals surface area (Å²) in [6, 6.07) is 14.2. The standard InChI is InChI=1S/C18H19ClN2O4S/c1-26(23,24)21-12-17(25-16-5-3-2-4-15(16)21)18(22)20-11-10-13-6-8-14(19)9-7-13/h2-9,17H,10-12H2,1H3,(H,20,22)/t17-/m0/s1. The number of halogens is 1. The van der Waals surface area contributed by atoms with Crippen LogP contribution in [0.4, 0.5) is 5.69 Å². The van der Waals surface area contributed by atoms with Crippen LogP contribution in [0.5, 0.6) is 5.75 Å². The molecule has 3 rings (SSSR count). The van der Waals surface area contributed by atoms with Gasteiger partial charge in [0.05, 0.1) is 18.5 Å². The van der Waals surface area contributed by atoms with Crippen molar-refractivity contribution >= 4 is 33.2 Å². The Kier molecular flexibility index (Phi) is 5.38. The van der Waals surface area contributed by atoms with E-state index in [0.29, 0.717) is 29.4 Å². The van der Waals surface area contributed by atoms with Crippen molar-refractivity contribution in [1.29, 1.82) is 0 Å². The molecular weight excluding hydrogens is 376 g/mol. The molecular formula is C18H19ClN2O4S. The molecule has 0 radical (unpaired) electrons. The van der Waals surface area contributed by atoms with E-state index in [9.17, 15) is 13.2 Å². The Hall–Kier alpha value is -2.25. The molecule has 1 aliphatic heterocycles. The van der Waals surface area contributed by atoms with Gasteiger partial charge in [0.15, 0.2) is 6.10 Å². The van der Waals surface area contributed by atoms with Crippen molar-refractivity contribution in [1.82, 2.24) is 5.32 Å². The highest BCUT2D eigenvalue weighted by atomic mass is 35.5. The highest BCUT2D eigenvalue weighted by Crippen LogP contribution is 2.34. The van der Waals surface area contributed by atoms with E-state index in [4.69, 9.17) is 16.3 Å². The molecule has 1 aliphatic rings. The molecule has 0 unspecified atom stereocenters. The van der Waals surface area contributed by atoms with E-state index in [0.717, 1.165) is 11.8 Å². The Balaban J connectivity index is 1.65. The average Bonchev–Trinajstić information content (AvgIpc) is 2.61. The fourth-order valence-corrected chi connectivity index (χ4v) is 3.79. The molecule has 1 N–H and O–H groups in total. The number of carbonyl (C=O) groups excluding carboxylic acids is 1. The van der Waals surface area contributed by atoms with Crippen LogP contribution in [0.15, 0.2) is 48.5 Å². The molecule has 1 amide bonds. The number of ether oxygens (including phenoxy) is 1. The fourth-order valence-electron chi connectivity index (χ4n) is 2.75. The summed E-state index contributed by atoms with van der Waals surface area (Å²) in [7, 11) is -3.51. The highest BCUT2D eigenvalue weighted by Gasteiger charge is 2.34. The molecule has 0 saturated heterocycles. The first-order valence-corrected chi connectivity index (χ1v) is 10.3. The molecule has 0 bridgehead atoms. The van der Waals surface area contributed by atoms with Gasteiger partial charge in [0.2, 0.25) is 10.0 Å². The molecule has 6 nitrogen and oxygen atoms in total. The molecule has 2 aromatic rings. The zero-order valence-corrected chi connectivity index (χ0v) is 15.8. The molecule has 0 saturated carbocycles. The number of fused-ring (bicyclic) bond motifs is 1. The summed E-state index contributed by atoms with van der Waals surface area (Å²) < 4.78 is 31.0. The molecule has 26 heavy (non-hydrogen) atoms. The number of hydrogen-bond acceptors (Lipinski definition) is 4. The van der Waals surface area contributed by atoms with E-state index in [2.05, 4.69) is 5.32 Å². The highest BCUT2D eigenvalue weighted by molar-refractivity contribution is 7.92. The summed E-state index contributed by atoms with van der Waals surface area (Å²) in [5.74, 6) is 0.0316. The topological polar surface area (TPSA) is 75.7 Å². The average molecular weight is 395 g/mol. The van der Waals surface area contributed by atoms with Gasteiger partial charge in [0.1, 0.15) is 5.75 Å².